The lowest BCUT2D eigenvalue weighted by molar-refractivity contribution is 0.0504. The van der Waals surface area contributed by atoms with Crippen molar-refractivity contribution in [3.63, 3.8) is 0 Å². The third-order valence-corrected chi connectivity index (χ3v) is 1.47. The number of carbonyl (C=O) groups excluding carboxylic acids is 1. The molecule has 0 heterocycles. The number of rotatable bonds is 3. The number of aliphatic hydroxyl groups excluding tert-OH is 1. The first kappa shape index (κ1) is 13.8. The number of alkyl carbamates (subject to hydrolysis) is 1. The zero-order valence-electron chi connectivity index (χ0n) is 9.70. The van der Waals surface area contributed by atoms with Gasteiger partial charge in [0.1, 0.15) is 5.60 Å². The Labute approximate surface area is 91.0 Å². The Morgan fingerprint density at radius 3 is 2.47 bits per heavy atom. The first-order valence-corrected chi connectivity index (χ1v) is 4.88. The van der Waals surface area contributed by atoms with Crippen LogP contribution in [-0.2, 0) is 4.74 Å². The summed E-state index contributed by atoms with van der Waals surface area (Å²) >= 11 is 0. The van der Waals surface area contributed by atoms with Gasteiger partial charge in [-0.25, -0.2) is 4.79 Å². The largest absolute Gasteiger partial charge is 0.444 e. The molecular formula is C11H19NO3. The molecule has 0 fully saturated rings. The second-order valence-corrected chi connectivity index (χ2v) is 4.45. The molecular weight excluding hydrogens is 194 g/mol. The molecule has 4 nitrogen and oxygen atoms in total. The molecule has 0 aliphatic heterocycles. The summed E-state index contributed by atoms with van der Waals surface area (Å²) in [5, 5.41) is 11.6. The van der Waals surface area contributed by atoms with Gasteiger partial charge in [0.15, 0.2) is 0 Å². The van der Waals surface area contributed by atoms with Gasteiger partial charge in [-0.05, 0) is 27.7 Å². The van der Waals surface area contributed by atoms with E-state index in [0.717, 1.165) is 0 Å². The maximum atomic E-state index is 11.3. The molecule has 0 spiro atoms. The van der Waals surface area contributed by atoms with Crippen molar-refractivity contribution in [1.29, 1.82) is 0 Å². The van der Waals surface area contributed by atoms with E-state index in [1.54, 1.807) is 27.7 Å². The van der Waals surface area contributed by atoms with E-state index in [0.29, 0.717) is 6.42 Å². The standard InChI is InChI=1S/C11H19NO3/c1-6-9(7-8(2)13)12-10(14)15-11(3,4)5/h1,8-9,13H,7H2,2-5H3,(H,12,14)/t8-,9+/m1/s1. The number of carbonyl (C=O) groups is 1. The van der Waals surface area contributed by atoms with E-state index in [1.807, 2.05) is 0 Å². The Kier molecular flexibility index (Phi) is 5.16. The third-order valence-electron chi connectivity index (χ3n) is 1.47. The molecule has 1 amide bonds. The SMILES string of the molecule is C#C[C@@H](C[C@@H](C)O)NC(=O)OC(C)(C)C. The third kappa shape index (κ3) is 7.83. The Hall–Kier alpha value is -1.21. The predicted molar refractivity (Wildman–Crippen MR) is 58.3 cm³/mol. The lowest BCUT2D eigenvalue weighted by Crippen LogP contribution is -2.39. The fourth-order valence-electron chi connectivity index (χ4n) is 0.960. The van der Waals surface area contributed by atoms with E-state index >= 15 is 0 Å². The van der Waals surface area contributed by atoms with E-state index in [9.17, 15) is 4.79 Å². The number of nitrogens with one attached hydrogen (secondary N) is 1. The summed E-state index contributed by atoms with van der Waals surface area (Å²) in [6.45, 7) is 6.92. The van der Waals surface area contributed by atoms with Gasteiger partial charge in [0.25, 0.3) is 0 Å². The zero-order chi connectivity index (χ0) is 12.1. The van der Waals surface area contributed by atoms with Crippen LogP contribution in [0, 0.1) is 12.3 Å². The Morgan fingerprint density at radius 2 is 2.13 bits per heavy atom. The highest BCUT2D eigenvalue weighted by Gasteiger charge is 2.19. The van der Waals surface area contributed by atoms with E-state index < -0.39 is 23.8 Å². The van der Waals surface area contributed by atoms with Crippen molar-refractivity contribution in [2.45, 2.75) is 51.9 Å². The summed E-state index contributed by atoms with van der Waals surface area (Å²) in [5.74, 6) is 2.38. The van der Waals surface area contributed by atoms with E-state index in [2.05, 4.69) is 11.2 Å². The van der Waals surface area contributed by atoms with Crippen molar-refractivity contribution in [2.75, 3.05) is 0 Å². The smallest absolute Gasteiger partial charge is 0.408 e. The van der Waals surface area contributed by atoms with Gasteiger partial charge in [0.05, 0.1) is 12.1 Å². The van der Waals surface area contributed by atoms with Crippen LogP contribution in [0.5, 0.6) is 0 Å². The number of ether oxygens (including phenoxy) is 1. The van der Waals surface area contributed by atoms with Gasteiger partial charge < -0.3 is 15.2 Å². The van der Waals surface area contributed by atoms with Crippen LogP contribution in [-0.4, -0.2) is 28.9 Å². The zero-order valence-corrected chi connectivity index (χ0v) is 9.70. The first-order chi connectivity index (χ1) is 6.74. The molecule has 0 unspecified atom stereocenters. The molecule has 0 rings (SSSR count). The Morgan fingerprint density at radius 1 is 1.60 bits per heavy atom. The van der Waals surface area contributed by atoms with Crippen molar-refractivity contribution in [3.05, 3.63) is 0 Å². The van der Waals surface area contributed by atoms with Crippen LogP contribution in [0.2, 0.25) is 0 Å². The molecule has 4 heteroatoms. The van der Waals surface area contributed by atoms with Crippen LogP contribution in [0.15, 0.2) is 0 Å². The number of terminal acetylenes is 1. The van der Waals surface area contributed by atoms with Gasteiger partial charge in [-0.1, -0.05) is 5.92 Å². The van der Waals surface area contributed by atoms with Crippen LogP contribution >= 0.6 is 0 Å². The van der Waals surface area contributed by atoms with Crippen LogP contribution < -0.4 is 5.32 Å². The summed E-state index contributed by atoms with van der Waals surface area (Å²) in [6, 6.07) is -0.500. The van der Waals surface area contributed by atoms with Gasteiger partial charge in [0, 0.05) is 6.42 Å². The predicted octanol–water partition coefficient (Wildman–Crippen LogP) is 1.28. The highest BCUT2D eigenvalue weighted by Crippen LogP contribution is 2.07. The van der Waals surface area contributed by atoms with Gasteiger partial charge in [-0.3, -0.25) is 0 Å². The molecule has 0 aliphatic rings. The number of amides is 1. The lowest BCUT2D eigenvalue weighted by atomic mass is 10.1. The van der Waals surface area contributed by atoms with Crippen molar-refractivity contribution >= 4 is 6.09 Å². The van der Waals surface area contributed by atoms with Gasteiger partial charge in [0.2, 0.25) is 0 Å². The van der Waals surface area contributed by atoms with Crippen molar-refractivity contribution in [1.82, 2.24) is 5.32 Å². The first-order valence-electron chi connectivity index (χ1n) is 4.88. The normalized spacial score (nSPS) is 14.9. The highest BCUT2D eigenvalue weighted by molar-refractivity contribution is 5.68. The van der Waals surface area contributed by atoms with E-state index in [4.69, 9.17) is 16.3 Å². The Balaban J connectivity index is 4.10. The quantitative estimate of drug-likeness (QED) is 0.694. The summed E-state index contributed by atoms with van der Waals surface area (Å²) in [4.78, 5) is 11.3. The summed E-state index contributed by atoms with van der Waals surface area (Å²) in [7, 11) is 0. The second kappa shape index (κ2) is 5.62. The van der Waals surface area contributed by atoms with Crippen LogP contribution in [0.1, 0.15) is 34.1 Å². The molecule has 0 bridgehead atoms. The summed E-state index contributed by atoms with van der Waals surface area (Å²) in [5.41, 5.74) is -0.548. The molecule has 0 saturated heterocycles. The summed E-state index contributed by atoms with van der Waals surface area (Å²) in [6.07, 6.45) is 4.40. The van der Waals surface area contributed by atoms with E-state index in [1.165, 1.54) is 0 Å². The van der Waals surface area contributed by atoms with Crippen molar-refractivity contribution in [3.8, 4) is 12.3 Å². The van der Waals surface area contributed by atoms with Gasteiger partial charge in [-0.2, -0.15) is 0 Å². The molecule has 0 saturated carbocycles. The van der Waals surface area contributed by atoms with Crippen LogP contribution in [0.4, 0.5) is 4.79 Å². The van der Waals surface area contributed by atoms with Crippen molar-refractivity contribution in [2.24, 2.45) is 0 Å². The topological polar surface area (TPSA) is 58.6 Å². The second-order valence-electron chi connectivity index (χ2n) is 4.45. The minimum absolute atomic E-state index is 0.315. The maximum Gasteiger partial charge on any atom is 0.408 e. The maximum absolute atomic E-state index is 11.3. The number of hydrogen-bond acceptors (Lipinski definition) is 3. The van der Waals surface area contributed by atoms with Crippen LogP contribution in [0.3, 0.4) is 0 Å². The molecule has 15 heavy (non-hydrogen) atoms. The molecule has 0 aromatic carbocycles. The number of aliphatic hydroxyl groups is 1. The Bertz CT molecular complexity index is 248. The van der Waals surface area contributed by atoms with Crippen molar-refractivity contribution < 1.29 is 14.6 Å². The average molecular weight is 213 g/mol. The fraction of sp³-hybridized carbons (Fsp3) is 0.727. The van der Waals surface area contributed by atoms with E-state index in [-0.39, 0.29) is 0 Å². The average Bonchev–Trinajstić information content (AvgIpc) is 1.98. The molecule has 0 aromatic rings. The molecule has 0 aliphatic carbocycles. The minimum Gasteiger partial charge on any atom is -0.444 e. The lowest BCUT2D eigenvalue weighted by Gasteiger charge is -2.22. The highest BCUT2D eigenvalue weighted by atomic mass is 16.6. The fourth-order valence-corrected chi connectivity index (χ4v) is 0.960. The van der Waals surface area contributed by atoms with Gasteiger partial charge in [-0.15, -0.1) is 6.42 Å². The number of hydrogen-bond donors (Lipinski definition) is 2. The molecule has 0 aromatic heterocycles. The molecule has 86 valence electrons. The van der Waals surface area contributed by atoms with Crippen LogP contribution in [0.25, 0.3) is 0 Å². The minimum atomic E-state index is -0.564. The molecule has 2 atom stereocenters. The molecule has 0 radical (unpaired) electrons. The monoisotopic (exact) mass is 213 g/mol. The van der Waals surface area contributed by atoms with Gasteiger partial charge >= 0.3 is 6.09 Å². The molecule has 2 N–H and O–H groups in total. The summed E-state index contributed by atoms with van der Waals surface area (Å²) < 4.78 is 5.02.